The molecule has 0 aliphatic rings. The molecule has 0 heterocycles. The summed E-state index contributed by atoms with van der Waals surface area (Å²) in [6.45, 7) is 0.849. The minimum atomic E-state index is -0.449. The maximum Gasteiger partial charge on any atom is 0.166 e. The van der Waals surface area contributed by atoms with Gasteiger partial charge in [-0.15, -0.1) is 0 Å². The molecule has 0 radical (unpaired) electrons. The predicted molar refractivity (Wildman–Crippen MR) is 108 cm³/mol. The second kappa shape index (κ2) is 8.98. The summed E-state index contributed by atoms with van der Waals surface area (Å²) < 4.78 is 24.8. The van der Waals surface area contributed by atoms with Crippen LogP contribution in [0.1, 0.15) is 11.1 Å². The molecule has 0 atom stereocenters. The van der Waals surface area contributed by atoms with Crippen LogP contribution in [-0.2, 0) is 13.2 Å². The number of methoxy groups -OCH3 is 1. The molecular formula is C21H18Cl2FNO2. The van der Waals surface area contributed by atoms with Gasteiger partial charge >= 0.3 is 0 Å². The lowest BCUT2D eigenvalue weighted by Gasteiger charge is -2.16. The third-order valence-electron chi connectivity index (χ3n) is 3.98. The highest BCUT2D eigenvalue weighted by Crippen LogP contribution is 2.32. The summed E-state index contributed by atoms with van der Waals surface area (Å²) >= 11 is 11.8. The maximum absolute atomic E-state index is 13.3. The summed E-state index contributed by atoms with van der Waals surface area (Å²) in [6.07, 6.45) is 0. The van der Waals surface area contributed by atoms with Crippen LogP contribution in [0.4, 0.5) is 10.1 Å². The van der Waals surface area contributed by atoms with Crippen molar-refractivity contribution in [2.45, 2.75) is 13.2 Å². The van der Waals surface area contributed by atoms with Gasteiger partial charge in [0, 0.05) is 22.8 Å². The number of benzene rings is 3. The second-order valence-electron chi connectivity index (χ2n) is 5.85. The van der Waals surface area contributed by atoms with Gasteiger partial charge in [0.1, 0.15) is 12.4 Å². The van der Waals surface area contributed by atoms with Gasteiger partial charge in [-0.05, 0) is 42.0 Å². The molecule has 6 heteroatoms. The molecule has 0 aromatic heterocycles. The predicted octanol–water partition coefficient (Wildman–Crippen LogP) is 6.33. The molecule has 27 heavy (non-hydrogen) atoms. The Morgan fingerprint density at radius 2 is 1.78 bits per heavy atom. The van der Waals surface area contributed by atoms with Crippen LogP contribution in [0.2, 0.25) is 10.0 Å². The molecule has 0 aliphatic heterocycles. The Morgan fingerprint density at radius 3 is 2.48 bits per heavy atom. The Bertz CT molecular complexity index is 917. The van der Waals surface area contributed by atoms with E-state index in [1.165, 1.54) is 6.07 Å². The molecule has 3 aromatic rings. The van der Waals surface area contributed by atoms with E-state index in [9.17, 15) is 4.39 Å². The monoisotopic (exact) mass is 405 g/mol. The van der Waals surface area contributed by atoms with E-state index >= 15 is 0 Å². The molecule has 0 bridgehead atoms. The van der Waals surface area contributed by atoms with Gasteiger partial charge in [-0.3, -0.25) is 0 Å². The van der Waals surface area contributed by atoms with Gasteiger partial charge in [0.25, 0.3) is 0 Å². The van der Waals surface area contributed by atoms with Gasteiger partial charge in [0.15, 0.2) is 11.5 Å². The Hall–Kier alpha value is -2.43. The first-order chi connectivity index (χ1) is 13.1. The van der Waals surface area contributed by atoms with E-state index in [1.807, 2.05) is 42.5 Å². The highest BCUT2D eigenvalue weighted by molar-refractivity contribution is 6.31. The van der Waals surface area contributed by atoms with Crippen LogP contribution in [0.15, 0.2) is 60.7 Å². The van der Waals surface area contributed by atoms with Crippen LogP contribution in [0.25, 0.3) is 0 Å². The first kappa shape index (κ1) is 19.3. The fourth-order valence-electron chi connectivity index (χ4n) is 2.56. The van der Waals surface area contributed by atoms with Gasteiger partial charge in [-0.2, -0.15) is 0 Å². The summed E-state index contributed by atoms with van der Waals surface area (Å²) in [7, 11) is 1.60. The average Bonchev–Trinajstić information content (AvgIpc) is 2.68. The zero-order valence-corrected chi connectivity index (χ0v) is 16.1. The van der Waals surface area contributed by atoms with E-state index < -0.39 is 5.82 Å². The first-order valence-electron chi connectivity index (χ1n) is 8.29. The molecule has 3 aromatic carbocycles. The summed E-state index contributed by atoms with van der Waals surface area (Å²) in [4.78, 5) is 0. The lowest BCUT2D eigenvalue weighted by atomic mass is 10.1. The summed E-state index contributed by atoms with van der Waals surface area (Å²) in [6, 6.07) is 17.7. The number of anilines is 1. The van der Waals surface area contributed by atoms with Crippen LogP contribution in [0, 0.1) is 5.82 Å². The fraction of sp³-hybridized carbons (Fsp3) is 0.143. The molecule has 0 unspecified atom stereocenters. The van der Waals surface area contributed by atoms with E-state index in [0.717, 1.165) is 11.1 Å². The fourth-order valence-corrected chi connectivity index (χ4v) is 2.87. The standard InChI is InChI=1S/C21H18Cl2FNO2/c1-26-20-4-2-3-15(12-25-17-9-10-19(24)18(23)11-17)21(20)27-13-14-5-7-16(22)8-6-14/h2-11,25H,12-13H2,1H3. The van der Waals surface area contributed by atoms with E-state index in [4.69, 9.17) is 32.7 Å². The molecular weight excluding hydrogens is 388 g/mol. The van der Waals surface area contributed by atoms with Gasteiger partial charge in [-0.1, -0.05) is 47.5 Å². The van der Waals surface area contributed by atoms with Gasteiger partial charge < -0.3 is 14.8 Å². The van der Waals surface area contributed by atoms with E-state index in [0.29, 0.717) is 35.4 Å². The number of rotatable bonds is 7. The summed E-state index contributed by atoms with van der Waals surface area (Å²) in [5.41, 5.74) is 2.62. The molecule has 0 saturated heterocycles. The Morgan fingerprint density at radius 1 is 1.00 bits per heavy atom. The molecule has 0 amide bonds. The third kappa shape index (κ3) is 5.06. The lowest BCUT2D eigenvalue weighted by molar-refractivity contribution is 0.281. The van der Waals surface area contributed by atoms with Gasteiger partial charge in [0.2, 0.25) is 0 Å². The zero-order valence-electron chi connectivity index (χ0n) is 14.6. The number of halogens is 3. The molecule has 0 spiro atoms. The Labute approximate surface area is 167 Å². The number of ether oxygens (including phenoxy) is 2. The van der Waals surface area contributed by atoms with Gasteiger partial charge in [-0.25, -0.2) is 4.39 Å². The van der Waals surface area contributed by atoms with E-state index in [-0.39, 0.29) is 5.02 Å². The van der Waals surface area contributed by atoms with Crippen molar-refractivity contribution in [3.05, 3.63) is 87.7 Å². The van der Waals surface area contributed by atoms with Crippen molar-refractivity contribution in [1.29, 1.82) is 0 Å². The topological polar surface area (TPSA) is 30.5 Å². The van der Waals surface area contributed by atoms with Crippen LogP contribution in [0.5, 0.6) is 11.5 Å². The SMILES string of the molecule is COc1cccc(CNc2ccc(F)c(Cl)c2)c1OCc1ccc(Cl)cc1. The van der Waals surface area contributed by atoms with Crippen molar-refractivity contribution in [3.8, 4) is 11.5 Å². The van der Waals surface area contributed by atoms with Crippen molar-refractivity contribution >= 4 is 28.9 Å². The molecule has 0 fully saturated rings. The normalized spacial score (nSPS) is 10.5. The van der Waals surface area contributed by atoms with Crippen molar-refractivity contribution in [3.63, 3.8) is 0 Å². The zero-order chi connectivity index (χ0) is 19.2. The largest absolute Gasteiger partial charge is 0.493 e. The van der Waals surface area contributed by atoms with Crippen molar-refractivity contribution in [1.82, 2.24) is 0 Å². The highest BCUT2D eigenvalue weighted by atomic mass is 35.5. The number of hydrogen-bond donors (Lipinski definition) is 1. The minimum Gasteiger partial charge on any atom is -0.493 e. The van der Waals surface area contributed by atoms with E-state index in [1.54, 1.807) is 19.2 Å². The molecule has 0 aliphatic carbocycles. The highest BCUT2D eigenvalue weighted by Gasteiger charge is 2.11. The van der Waals surface area contributed by atoms with Crippen molar-refractivity contribution in [2.24, 2.45) is 0 Å². The summed E-state index contributed by atoms with van der Waals surface area (Å²) in [5, 5.41) is 3.98. The molecule has 1 N–H and O–H groups in total. The second-order valence-corrected chi connectivity index (χ2v) is 6.69. The van der Waals surface area contributed by atoms with Crippen LogP contribution < -0.4 is 14.8 Å². The number of para-hydroxylation sites is 1. The summed E-state index contributed by atoms with van der Waals surface area (Å²) in [5.74, 6) is 0.839. The molecule has 3 rings (SSSR count). The van der Waals surface area contributed by atoms with Gasteiger partial charge in [0.05, 0.1) is 12.1 Å². The maximum atomic E-state index is 13.3. The first-order valence-corrected chi connectivity index (χ1v) is 9.04. The molecule has 3 nitrogen and oxygen atoms in total. The number of nitrogens with one attached hydrogen (secondary N) is 1. The van der Waals surface area contributed by atoms with Crippen LogP contribution in [0.3, 0.4) is 0 Å². The smallest absolute Gasteiger partial charge is 0.166 e. The average molecular weight is 406 g/mol. The number of hydrogen-bond acceptors (Lipinski definition) is 3. The third-order valence-corrected chi connectivity index (χ3v) is 4.52. The molecule has 0 saturated carbocycles. The Kier molecular flexibility index (Phi) is 6.43. The van der Waals surface area contributed by atoms with Crippen LogP contribution >= 0.6 is 23.2 Å². The molecule has 140 valence electrons. The van der Waals surface area contributed by atoms with Crippen molar-refractivity contribution in [2.75, 3.05) is 12.4 Å². The minimum absolute atomic E-state index is 0.0739. The van der Waals surface area contributed by atoms with Crippen molar-refractivity contribution < 1.29 is 13.9 Å². The quantitative estimate of drug-likeness (QED) is 0.497. The Balaban J connectivity index is 1.76. The van der Waals surface area contributed by atoms with Crippen LogP contribution in [-0.4, -0.2) is 7.11 Å². The lowest BCUT2D eigenvalue weighted by Crippen LogP contribution is -2.05. The van der Waals surface area contributed by atoms with E-state index in [2.05, 4.69) is 5.32 Å².